The van der Waals surface area contributed by atoms with Crippen molar-refractivity contribution in [2.75, 3.05) is 0 Å². The van der Waals surface area contributed by atoms with Crippen LogP contribution in [0.25, 0.3) is 11.0 Å². The summed E-state index contributed by atoms with van der Waals surface area (Å²) in [5, 5.41) is 0. The lowest BCUT2D eigenvalue weighted by Crippen LogP contribution is -2.00. The normalized spacial score (nSPS) is 11.6. The molecule has 2 N–H and O–H groups in total. The summed E-state index contributed by atoms with van der Waals surface area (Å²) in [5.41, 5.74) is 3.52. The van der Waals surface area contributed by atoms with Crippen LogP contribution >= 0.6 is 0 Å². The van der Waals surface area contributed by atoms with E-state index in [1.807, 2.05) is 19.9 Å². The van der Waals surface area contributed by atoms with Crippen LogP contribution in [-0.2, 0) is 4.79 Å². The minimum Gasteiger partial charge on any atom is -0.306 e. The lowest BCUT2D eigenvalue weighted by atomic mass is 10.1. The third-order valence-electron chi connectivity index (χ3n) is 2.62. The first-order valence-electron chi connectivity index (χ1n) is 5.92. The number of allylic oxidation sites excluding steroid dienone is 1. The molecule has 2 aromatic rings. The number of aromatic amines is 2. The summed E-state index contributed by atoms with van der Waals surface area (Å²) in [6.45, 7) is 5.46. The van der Waals surface area contributed by atoms with E-state index in [1.54, 1.807) is 19.1 Å². The molecule has 1 aromatic carbocycles. The first-order valence-corrected chi connectivity index (χ1v) is 5.92. The Morgan fingerprint density at radius 1 is 1.16 bits per heavy atom. The van der Waals surface area contributed by atoms with Gasteiger partial charge in [0, 0.05) is 11.8 Å². The van der Waals surface area contributed by atoms with Crippen LogP contribution < -0.4 is 5.69 Å². The standard InChI is InChI=1S/C14H15N3O2/c1-8(2)6-13(18)15-9(3)10-4-5-11-12(7-10)17-14(19)16-11/h4-7H,1-3H3,(H2,16,17,19). The highest BCUT2D eigenvalue weighted by Crippen LogP contribution is 2.11. The highest BCUT2D eigenvalue weighted by Gasteiger charge is 2.04. The molecule has 0 saturated heterocycles. The van der Waals surface area contributed by atoms with Crippen molar-refractivity contribution in [3.63, 3.8) is 0 Å². The summed E-state index contributed by atoms with van der Waals surface area (Å²) >= 11 is 0. The van der Waals surface area contributed by atoms with Crippen LogP contribution in [0.2, 0.25) is 0 Å². The van der Waals surface area contributed by atoms with E-state index in [2.05, 4.69) is 15.0 Å². The Kier molecular flexibility index (Phi) is 3.46. The van der Waals surface area contributed by atoms with Gasteiger partial charge in [-0.05, 0) is 38.5 Å². The highest BCUT2D eigenvalue weighted by molar-refractivity contribution is 6.08. The Balaban J connectivity index is 2.38. The maximum absolute atomic E-state index is 11.6. The predicted molar refractivity (Wildman–Crippen MR) is 75.6 cm³/mol. The quantitative estimate of drug-likeness (QED) is 0.638. The van der Waals surface area contributed by atoms with Gasteiger partial charge in [0.15, 0.2) is 0 Å². The van der Waals surface area contributed by atoms with Crippen molar-refractivity contribution in [3.05, 3.63) is 45.9 Å². The fourth-order valence-electron chi connectivity index (χ4n) is 1.77. The zero-order valence-electron chi connectivity index (χ0n) is 11.1. The molecule has 0 aliphatic heterocycles. The lowest BCUT2D eigenvalue weighted by molar-refractivity contribution is -0.113. The number of carbonyl (C=O) groups is 1. The monoisotopic (exact) mass is 257 g/mol. The van der Waals surface area contributed by atoms with Crippen molar-refractivity contribution in [3.8, 4) is 0 Å². The van der Waals surface area contributed by atoms with Crippen LogP contribution in [-0.4, -0.2) is 21.6 Å². The minimum atomic E-state index is -0.278. The average Bonchev–Trinajstić information content (AvgIpc) is 2.66. The summed E-state index contributed by atoms with van der Waals surface area (Å²) in [4.78, 5) is 32.1. The highest BCUT2D eigenvalue weighted by atomic mass is 16.1. The maximum atomic E-state index is 11.6. The van der Waals surface area contributed by atoms with E-state index in [0.29, 0.717) is 11.2 Å². The van der Waals surface area contributed by atoms with Crippen LogP contribution in [0, 0.1) is 0 Å². The number of aromatic nitrogens is 2. The average molecular weight is 257 g/mol. The smallest absolute Gasteiger partial charge is 0.306 e. The third kappa shape index (κ3) is 3.07. The van der Waals surface area contributed by atoms with E-state index >= 15 is 0 Å². The largest absolute Gasteiger partial charge is 0.323 e. The molecule has 0 fully saturated rings. The summed E-state index contributed by atoms with van der Waals surface area (Å²) in [6, 6.07) is 5.40. The number of H-pyrrole nitrogens is 2. The summed E-state index contributed by atoms with van der Waals surface area (Å²) < 4.78 is 0. The van der Waals surface area contributed by atoms with E-state index in [0.717, 1.165) is 16.7 Å². The molecule has 0 unspecified atom stereocenters. The van der Waals surface area contributed by atoms with Crippen LogP contribution in [0.4, 0.5) is 0 Å². The third-order valence-corrected chi connectivity index (χ3v) is 2.62. The van der Waals surface area contributed by atoms with Gasteiger partial charge in [-0.15, -0.1) is 0 Å². The second kappa shape index (κ2) is 5.06. The van der Waals surface area contributed by atoms with Crippen LogP contribution in [0.15, 0.2) is 39.6 Å². The number of benzene rings is 1. The lowest BCUT2D eigenvalue weighted by Gasteiger charge is -1.99. The van der Waals surface area contributed by atoms with Crippen molar-refractivity contribution >= 4 is 22.7 Å². The molecular formula is C14H15N3O2. The van der Waals surface area contributed by atoms with E-state index in [-0.39, 0.29) is 11.6 Å². The van der Waals surface area contributed by atoms with E-state index in [1.165, 1.54) is 6.08 Å². The van der Waals surface area contributed by atoms with Crippen molar-refractivity contribution in [2.45, 2.75) is 20.8 Å². The first-order chi connectivity index (χ1) is 8.95. The van der Waals surface area contributed by atoms with Crippen molar-refractivity contribution in [2.24, 2.45) is 4.99 Å². The van der Waals surface area contributed by atoms with Gasteiger partial charge in [-0.25, -0.2) is 9.79 Å². The van der Waals surface area contributed by atoms with Gasteiger partial charge in [0.05, 0.1) is 11.0 Å². The number of imidazole rings is 1. The Labute approximate surface area is 110 Å². The molecule has 5 nitrogen and oxygen atoms in total. The Morgan fingerprint density at radius 3 is 2.53 bits per heavy atom. The van der Waals surface area contributed by atoms with Gasteiger partial charge < -0.3 is 9.97 Å². The number of fused-ring (bicyclic) bond motifs is 1. The van der Waals surface area contributed by atoms with E-state index < -0.39 is 0 Å². The molecular weight excluding hydrogens is 242 g/mol. The summed E-state index contributed by atoms with van der Waals surface area (Å²) in [6.07, 6.45) is 1.49. The van der Waals surface area contributed by atoms with Gasteiger partial charge in [-0.1, -0.05) is 11.6 Å². The van der Waals surface area contributed by atoms with Crippen LogP contribution in [0.3, 0.4) is 0 Å². The van der Waals surface area contributed by atoms with E-state index in [9.17, 15) is 9.59 Å². The number of hydrogen-bond donors (Lipinski definition) is 2. The number of nitrogens with zero attached hydrogens (tertiary/aromatic N) is 1. The molecule has 0 radical (unpaired) electrons. The van der Waals surface area contributed by atoms with Gasteiger partial charge in [-0.2, -0.15) is 0 Å². The molecule has 1 amide bonds. The number of rotatable bonds is 2. The molecule has 1 heterocycles. The van der Waals surface area contributed by atoms with Crippen LogP contribution in [0.5, 0.6) is 0 Å². The van der Waals surface area contributed by atoms with E-state index in [4.69, 9.17) is 0 Å². The molecule has 19 heavy (non-hydrogen) atoms. The number of carbonyl (C=O) groups excluding carboxylic acids is 1. The second-order valence-electron chi connectivity index (χ2n) is 4.60. The predicted octanol–water partition coefficient (Wildman–Crippen LogP) is 2.16. The molecule has 0 spiro atoms. The molecule has 0 saturated carbocycles. The van der Waals surface area contributed by atoms with Crippen LogP contribution in [0.1, 0.15) is 26.3 Å². The van der Waals surface area contributed by atoms with Gasteiger partial charge >= 0.3 is 5.69 Å². The Morgan fingerprint density at radius 2 is 1.84 bits per heavy atom. The fourth-order valence-corrected chi connectivity index (χ4v) is 1.77. The molecule has 5 heteroatoms. The van der Waals surface area contributed by atoms with Gasteiger partial charge in [0.1, 0.15) is 0 Å². The maximum Gasteiger partial charge on any atom is 0.323 e. The second-order valence-corrected chi connectivity index (χ2v) is 4.60. The first kappa shape index (κ1) is 13.0. The Bertz CT molecular complexity index is 743. The molecule has 0 bridgehead atoms. The van der Waals surface area contributed by atoms with Gasteiger partial charge in [0.25, 0.3) is 5.91 Å². The fraction of sp³-hybridized carbons (Fsp3) is 0.214. The summed E-state index contributed by atoms with van der Waals surface area (Å²) in [7, 11) is 0. The van der Waals surface area contributed by atoms with Gasteiger partial charge in [-0.3, -0.25) is 4.79 Å². The van der Waals surface area contributed by atoms with Crippen molar-refractivity contribution in [1.82, 2.24) is 9.97 Å². The zero-order chi connectivity index (χ0) is 14.0. The molecule has 0 aliphatic carbocycles. The van der Waals surface area contributed by atoms with Crippen molar-refractivity contribution in [1.29, 1.82) is 0 Å². The number of amides is 1. The van der Waals surface area contributed by atoms with Gasteiger partial charge in [0.2, 0.25) is 0 Å². The SMILES string of the molecule is CC(C)=CC(=O)N=C(C)c1ccc2[nH]c(=O)[nH]c2c1. The molecule has 98 valence electrons. The number of aliphatic imine (C=N–C) groups is 1. The molecule has 2 rings (SSSR count). The minimum absolute atomic E-state index is 0.248. The number of hydrogen-bond acceptors (Lipinski definition) is 2. The summed E-state index contributed by atoms with van der Waals surface area (Å²) in [5.74, 6) is -0.278. The Hall–Kier alpha value is -2.43. The zero-order valence-corrected chi connectivity index (χ0v) is 11.1. The van der Waals surface area contributed by atoms with Crippen molar-refractivity contribution < 1.29 is 4.79 Å². The molecule has 0 atom stereocenters. The topological polar surface area (TPSA) is 78.1 Å². The number of nitrogens with one attached hydrogen (secondary N) is 2. The molecule has 1 aromatic heterocycles. The molecule has 0 aliphatic rings.